The molecule has 1 aromatic carbocycles. The van der Waals surface area contributed by atoms with Gasteiger partial charge in [-0.15, -0.1) is 11.3 Å². The normalized spacial score (nSPS) is 17.2. The van der Waals surface area contributed by atoms with E-state index in [1.807, 2.05) is 24.3 Å². The van der Waals surface area contributed by atoms with Crippen LogP contribution in [0.1, 0.15) is 48.0 Å². The minimum Gasteiger partial charge on any atom is -0.371 e. The van der Waals surface area contributed by atoms with Gasteiger partial charge in [0.1, 0.15) is 16.4 Å². The van der Waals surface area contributed by atoms with Crippen molar-refractivity contribution in [2.45, 2.75) is 44.3 Å². The van der Waals surface area contributed by atoms with E-state index in [0.29, 0.717) is 11.7 Å². The van der Waals surface area contributed by atoms with Gasteiger partial charge in [0.2, 0.25) is 5.95 Å². The Balaban J connectivity index is 1.26. The quantitative estimate of drug-likeness (QED) is 0.334. The van der Waals surface area contributed by atoms with E-state index >= 15 is 0 Å². The van der Waals surface area contributed by atoms with Gasteiger partial charge in [-0.2, -0.15) is 18.2 Å². The third-order valence-electron chi connectivity index (χ3n) is 7.32. The zero-order valence-corrected chi connectivity index (χ0v) is 22.5. The van der Waals surface area contributed by atoms with E-state index in [2.05, 4.69) is 35.7 Å². The Kier molecular flexibility index (Phi) is 8.22. The van der Waals surface area contributed by atoms with Crippen molar-refractivity contribution < 1.29 is 18.0 Å². The topological polar surface area (TPSA) is 85.4 Å². The van der Waals surface area contributed by atoms with Gasteiger partial charge in [-0.3, -0.25) is 4.79 Å². The van der Waals surface area contributed by atoms with Crippen molar-refractivity contribution in [3.05, 3.63) is 53.0 Å². The molecule has 0 spiro atoms. The molecule has 2 saturated heterocycles. The molecular formula is C27H32F3N7OS. The Morgan fingerprint density at radius 1 is 1.00 bits per heavy atom. The van der Waals surface area contributed by atoms with Crippen LogP contribution in [0, 0.1) is 0 Å². The number of carbonyl (C=O) groups excluding carboxylic acids is 1. The van der Waals surface area contributed by atoms with Crippen LogP contribution in [0.4, 0.5) is 41.3 Å². The lowest BCUT2D eigenvalue weighted by atomic mass is 9.99. The van der Waals surface area contributed by atoms with Crippen molar-refractivity contribution in [2.24, 2.45) is 0 Å². The van der Waals surface area contributed by atoms with Crippen molar-refractivity contribution in [2.75, 3.05) is 48.8 Å². The Labute approximate surface area is 229 Å². The van der Waals surface area contributed by atoms with Gasteiger partial charge in [-0.1, -0.05) is 6.42 Å². The van der Waals surface area contributed by atoms with Crippen molar-refractivity contribution >= 4 is 45.4 Å². The van der Waals surface area contributed by atoms with Crippen LogP contribution >= 0.6 is 11.3 Å². The highest BCUT2D eigenvalue weighted by Gasteiger charge is 2.36. The third-order valence-corrected chi connectivity index (χ3v) is 8.15. The van der Waals surface area contributed by atoms with Gasteiger partial charge in [0.15, 0.2) is 0 Å². The molecule has 0 bridgehead atoms. The van der Waals surface area contributed by atoms with E-state index in [1.54, 1.807) is 5.38 Å². The molecule has 8 nitrogen and oxygen atoms in total. The van der Waals surface area contributed by atoms with Crippen LogP contribution in [0.3, 0.4) is 0 Å². The van der Waals surface area contributed by atoms with Gasteiger partial charge in [0.05, 0.1) is 5.56 Å². The van der Waals surface area contributed by atoms with E-state index < -0.39 is 23.5 Å². The highest BCUT2D eigenvalue weighted by atomic mass is 32.1. The number of aromatic nitrogens is 2. The lowest BCUT2D eigenvalue weighted by molar-refractivity contribution is -0.137. The molecule has 5 rings (SSSR count). The van der Waals surface area contributed by atoms with E-state index in [4.69, 9.17) is 0 Å². The number of hydrogen-bond acceptors (Lipinski definition) is 8. The number of amides is 1. The van der Waals surface area contributed by atoms with Gasteiger partial charge >= 0.3 is 6.18 Å². The summed E-state index contributed by atoms with van der Waals surface area (Å²) >= 11 is 1.11. The number of halogens is 3. The summed E-state index contributed by atoms with van der Waals surface area (Å²) in [6, 6.07) is 9.98. The molecule has 0 unspecified atom stereocenters. The Hall–Kier alpha value is -3.38. The summed E-state index contributed by atoms with van der Waals surface area (Å²) in [6.45, 7) is 4.45. The van der Waals surface area contributed by atoms with Crippen LogP contribution in [0.15, 0.2) is 41.9 Å². The predicted octanol–water partition coefficient (Wildman–Crippen LogP) is 5.86. The Bertz CT molecular complexity index is 1270. The van der Waals surface area contributed by atoms with Crippen LogP contribution in [-0.2, 0) is 6.18 Å². The highest BCUT2D eigenvalue weighted by molar-refractivity contribution is 7.14. The lowest BCUT2D eigenvalue weighted by Crippen LogP contribution is -2.46. The number of benzene rings is 1. The molecule has 0 atom stereocenters. The maximum atomic E-state index is 13.7. The van der Waals surface area contributed by atoms with Crippen LogP contribution in [-0.4, -0.2) is 60.0 Å². The second-order valence-corrected chi connectivity index (χ2v) is 10.7. The van der Waals surface area contributed by atoms with Gasteiger partial charge in [-0.25, -0.2) is 4.98 Å². The minimum absolute atomic E-state index is 0.0126. The molecule has 2 aliphatic heterocycles. The molecule has 208 valence electrons. The zero-order chi connectivity index (χ0) is 27.4. The molecule has 2 aromatic heterocycles. The van der Waals surface area contributed by atoms with Gasteiger partial charge in [-0.05, 0) is 74.5 Å². The molecule has 0 saturated carbocycles. The maximum absolute atomic E-state index is 13.7. The van der Waals surface area contributed by atoms with Crippen molar-refractivity contribution in [3.8, 4) is 0 Å². The van der Waals surface area contributed by atoms with Crippen LogP contribution in [0.25, 0.3) is 0 Å². The van der Waals surface area contributed by atoms with E-state index in [0.717, 1.165) is 49.2 Å². The maximum Gasteiger partial charge on any atom is 0.421 e. The molecule has 1 amide bonds. The summed E-state index contributed by atoms with van der Waals surface area (Å²) in [6.07, 6.45) is 2.33. The Morgan fingerprint density at radius 3 is 2.38 bits per heavy atom. The highest BCUT2D eigenvalue weighted by Crippen LogP contribution is 2.37. The van der Waals surface area contributed by atoms with Crippen LogP contribution in [0.2, 0.25) is 0 Å². The smallest absolute Gasteiger partial charge is 0.371 e. The fraction of sp³-hybridized carbons (Fsp3) is 0.444. The summed E-state index contributed by atoms with van der Waals surface area (Å²) < 4.78 is 41.1. The van der Waals surface area contributed by atoms with Gasteiger partial charge < -0.3 is 25.8 Å². The lowest BCUT2D eigenvalue weighted by Gasteiger charge is -2.41. The van der Waals surface area contributed by atoms with Crippen LogP contribution in [0.5, 0.6) is 0 Å². The summed E-state index contributed by atoms with van der Waals surface area (Å²) in [7, 11) is 1.46. The number of alkyl halides is 3. The summed E-state index contributed by atoms with van der Waals surface area (Å²) in [4.78, 5) is 25.1. The monoisotopic (exact) mass is 559 g/mol. The predicted molar refractivity (Wildman–Crippen MR) is 148 cm³/mol. The number of thiophene rings is 1. The average molecular weight is 560 g/mol. The largest absolute Gasteiger partial charge is 0.421 e. The first-order valence-corrected chi connectivity index (χ1v) is 14.1. The number of hydrogen-bond donors (Lipinski definition) is 3. The summed E-state index contributed by atoms with van der Waals surface area (Å²) in [5.41, 5.74) is 0.995. The zero-order valence-electron chi connectivity index (χ0n) is 21.7. The summed E-state index contributed by atoms with van der Waals surface area (Å²) in [5.74, 6) is -0.824. The standard InChI is InChI=1S/C27H32F3N7OS/c1-31-24(38)21-11-16-39-25(21)34-23-22(27(28,29)30)17-32-26(35-23)33-18-5-7-19(8-6-18)37-14-9-20(10-15-37)36-12-3-2-4-13-36/h5-8,11,16-17,20H,2-4,9-10,12-15H2,1H3,(H,31,38)(H2,32,33,34,35). The van der Waals surface area contributed by atoms with Crippen molar-refractivity contribution in [1.82, 2.24) is 20.2 Å². The molecule has 4 heterocycles. The van der Waals surface area contributed by atoms with E-state index in [1.165, 1.54) is 45.5 Å². The first-order valence-electron chi connectivity index (χ1n) is 13.2. The average Bonchev–Trinajstić information content (AvgIpc) is 3.41. The molecule has 3 aromatic rings. The molecule has 0 radical (unpaired) electrons. The molecule has 2 aliphatic rings. The number of nitrogens with one attached hydrogen (secondary N) is 3. The third kappa shape index (κ3) is 6.44. The molecule has 12 heteroatoms. The van der Waals surface area contributed by atoms with Crippen molar-refractivity contribution in [1.29, 1.82) is 0 Å². The molecule has 39 heavy (non-hydrogen) atoms. The number of anilines is 5. The fourth-order valence-electron chi connectivity index (χ4n) is 5.23. The molecule has 2 fully saturated rings. The first-order chi connectivity index (χ1) is 18.8. The number of likely N-dealkylation sites (tertiary alicyclic amines) is 1. The first kappa shape index (κ1) is 27.2. The Morgan fingerprint density at radius 2 is 1.72 bits per heavy atom. The fourth-order valence-corrected chi connectivity index (χ4v) is 6.01. The summed E-state index contributed by atoms with van der Waals surface area (Å²) in [5, 5.41) is 10.1. The van der Waals surface area contributed by atoms with Crippen molar-refractivity contribution in [3.63, 3.8) is 0 Å². The van der Waals surface area contributed by atoms with Gasteiger partial charge in [0.25, 0.3) is 5.91 Å². The minimum atomic E-state index is -4.67. The molecule has 3 N–H and O–H groups in total. The van der Waals surface area contributed by atoms with Gasteiger partial charge in [0, 0.05) is 43.8 Å². The van der Waals surface area contributed by atoms with Crippen LogP contribution < -0.4 is 20.9 Å². The van der Waals surface area contributed by atoms with E-state index in [-0.39, 0.29) is 16.5 Å². The SMILES string of the molecule is CNC(=O)c1ccsc1Nc1nc(Nc2ccc(N3CCC(N4CCCCC4)CC3)cc2)ncc1C(F)(F)F. The number of rotatable bonds is 7. The molecular weight excluding hydrogens is 527 g/mol. The van der Waals surface area contributed by atoms with E-state index in [9.17, 15) is 18.0 Å². The number of piperidine rings is 2. The second kappa shape index (κ2) is 11.8. The molecule has 0 aliphatic carbocycles. The number of carbonyl (C=O) groups is 1. The second-order valence-electron chi connectivity index (χ2n) is 9.81. The number of nitrogens with zero attached hydrogens (tertiary/aromatic N) is 4.